The molecule has 10 heavy (non-hydrogen) atoms. The van der Waals surface area contributed by atoms with Crippen LogP contribution in [-0.2, 0) is 0 Å². The summed E-state index contributed by atoms with van der Waals surface area (Å²) in [6.07, 6.45) is 2.58. The molecule has 0 aromatic rings. The van der Waals surface area contributed by atoms with Gasteiger partial charge in [0.1, 0.15) is 0 Å². The van der Waals surface area contributed by atoms with Gasteiger partial charge >= 0.3 is 0 Å². The first kappa shape index (κ1) is 6.58. The predicted molar refractivity (Wildman–Crippen MR) is 40.3 cm³/mol. The third-order valence-electron chi connectivity index (χ3n) is 2.86. The standard InChI is InChI=1S/C7H15N3/c8-10-3-1-7(2-4-10)5-9-6-7/h9H,1-6,8H2. The third-order valence-corrected chi connectivity index (χ3v) is 2.86. The number of piperidine rings is 1. The first-order chi connectivity index (χ1) is 4.81. The first-order valence-corrected chi connectivity index (χ1v) is 4.01. The highest BCUT2D eigenvalue weighted by molar-refractivity contribution is 4.95. The van der Waals surface area contributed by atoms with Crippen LogP contribution in [0.25, 0.3) is 0 Å². The smallest absolute Gasteiger partial charge is 0.0134 e. The molecule has 0 aliphatic carbocycles. The van der Waals surface area contributed by atoms with Crippen molar-refractivity contribution < 1.29 is 0 Å². The van der Waals surface area contributed by atoms with Gasteiger partial charge in [-0.3, -0.25) is 5.84 Å². The molecule has 0 saturated carbocycles. The molecule has 3 heteroatoms. The van der Waals surface area contributed by atoms with Crippen LogP contribution in [0.2, 0.25) is 0 Å². The zero-order valence-electron chi connectivity index (χ0n) is 6.27. The van der Waals surface area contributed by atoms with E-state index in [1.165, 1.54) is 25.9 Å². The fraction of sp³-hybridized carbons (Fsp3) is 1.00. The Kier molecular flexibility index (Phi) is 1.44. The van der Waals surface area contributed by atoms with Crippen LogP contribution in [0.15, 0.2) is 0 Å². The Morgan fingerprint density at radius 1 is 1.20 bits per heavy atom. The number of nitrogens with two attached hydrogens (primary N) is 1. The van der Waals surface area contributed by atoms with Crippen molar-refractivity contribution in [3.63, 3.8) is 0 Å². The number of hydrogen-bond acceptors (Lipinski definition) is 3. The molecule has 0 atom stereocenters. The highest BCUT2D eigenvalue weighted by Crippen LogP contribution is 2.33. The van der Waals surface area contributed by atoms with E-state index in [1.54, 1.807) is 0 Å². The maximum atomic E-state index is 5.65. The summed E-state index contributed by atoms with van der Waals surface area (Å²) in [5.74, 6) is 5.65. The minimum atomic E-state index is 0.649. The Morgan fingerprint density at radius 2 is 1.80 bits per heavy atom. The van der Waals surface area contributed by atoms with E-state index < -0.39 is 0 Å². The van der Waals surface area contributed by atoms with Crippen LogP contribution in [0.3, 0.4) is 0 Å². The molecule has 0 unspecified atom stereocenters. The Balaban J connectivity index is 1.90. The number of nitrogens with zero attached hydrogens (tertiary/aromatic N) is 1. The highest BCUT2D eigenvalue weighted by atomic mass is 15.4. The largest absolute Gasteiger partial charge is 0.316 e. The zero-order valence-corrected chi connectivity index (χ0v) is 6.27. The zero-order chi connectivity index (χ0) is 7.03. The first-order valence-electron chi connectivity index (χ1n) is 4.01. The Hall–Kier alpha value is -0.120. The van der Waals surface area contributed by atoms with Crippen molar-refractivity contribution in [2.24, 2.45) is 11.3 Å². The molecule has 1 spiro atoms. The summed E-state index contributed by atoms with van der Waals surface area (Å²) < 4.78 is 0. The van der Waals surface area contributed by atoms with Gasteiger partial charge in [-0.2, -0.15) is 0 Å². The fourth-order valence-corrected chi connectivity index (χ4v) is 1.83. The molecule has 2 rings (SSSR count). The molecule has 0 radical (unpaired) electrons. The second kappa shape index (κ2) is 2.19. The normalized spacial score (nSPS) is 32.1. The molecule has 0 bridgehead atoms. The van der Waals surface area contributed by atoms with Crippen LogP contribution in [0.1, 0.15) is 12.8 Å². The van der Waals surface area contributed by atoms with E-state index in [1.807, 2.05) is 5.01 Å². The second-order valence-electron chi connectivity index (χ2n) is 3.64. The van der Waals surface area contributed by atoms with Crippen molar-refractivity contribution in [2.75, 3.05) is 26.2 Å². The monoisotopic (exact) mass is 141 g/mol. The SMILES string of the molecule is NN1CCC2(CC1)CNC2. The second-order valence-corrected chi connectivity index (χ2v) is 3.64. The minimum absolute atomic E-state index is 0.649. The summed E-state index contributed by atoms with van der Waals surface area (Å²) in [6.45, 7) is 4.62. The van der Waals surface area contributed by atoms with Gasteiger partial charge in [0.15, 0.2) is 0 Å². The van der Waals surface area contributed by atoms with Crippen LogP contribution in [-0.4, -0.2) is 31.2 Å². The van der Waals surface area contributed by atoms with E-state index >= 15 is 0 Å². The Bertz CT molecular complexity index is 121. The Morgan fingerprint density at radius 3 is 2.20 bits per heavy atom. The number of rotatable bonds is 0. The van der Waals surface area contributed by atoms with E-state index in [2.05, 4.69) is 5.32 Å². The summed E-state index contributed by atoms with van der Waals surface area (Å²) >= 11 is 0. The quantitative estimate of drug-likeness (QED) is 0.449. The molecule has 58 valence electrons. The lowest BCUT2D eigenvalue weighted by Crippen LogP contribution is -2.59. The molecule has 2 aliphatic heterocycles. The van der Waals surface area contributed by atoms with E-state index in [9.17, 15) is 0 Å². The molecule has 2 fully saturated rings. The topological polar surface area (TPSA) is 41.3 Å². The molecule has 2 saturated heterocycles. The van der Waals surface area contributed by atoms with Gasteiger partial charge in [-0.1, -0.05) is 0 Å². The average Bonchev–Trinajstić information content (AvgIpc) is 1.86. The summed E-state index contributed by atoms with van der Waals surface area (Å²) in [7, 11) is 0. The third kappa shape index (κ3) is 0.944. The maximum Gasteiger partial charge on any atom is 0.0134 e. The van der Waals surface area contributed by atoms with E-state index in [4.69, 9.17) is 5.84 Å². The van der Waals surface area contributed by atoms with Crippen molar-refractivity contribution in [3.8, 4) is 0 Å². The van der Waals surface area contributed by atoms with Gasteiger partial charge < -0.3 is 5.32 Å². The molecule has 3 nitrogen and oxygen atoms in total. The van der Waals surface area contributed by atoms with E-state index in [-0.39, 0.29) is 0 Å². The summed E-state index contributed by atoms with van der Waals surface area (Å²) in [5.41, 5.74) is 0.649. The van der Waals surface area contributed by atoms with Gasteiger partial charge in [0.25, 0.3) is 0 Å². The van der Waals surface area contributed by atoms with Gasteiger partial charge in [0.05, 0.1) is 0 Å². The van der Waals surface area contributed by atoms with E-state index in [0.29, 0.717) is 5.41 Å². The van der Waals surface area contributed by atoms with Gasteiger partial charge in [-0.15, -0.1) is 0 Å². The molecule has 2 aliphatic rings. The van der Waals surface area contributed by atoms with Crippen molar-refractivity contribution in [3.05, 3.63) is 0 Å². The van der Waals surface area contributed by atoms with Crippen LogP contribution >= 0.6 is 0 Å². The summed E-state index contributed by atoms with van der Waals surface area (Å²) in [5, 5.41) is 5.26. The summed E-state index contributed by atoms with van der Waals surface area (Å²) in [6, 6.07) is 0. The number of hydrazine groups is 1. The lowest BCUT2D eigenvalue weighted by molar-refractivity contribution is 0.0555. The number of nitrogens with one attached hydrogen (secondary N) is 1. The predicted octanol–water partition coefficient (Wildman–Crippen LogP) is -0.455. The maximum absolute atomic E-state index is 5.65. The van der Waals surface area contributed by atoms with Crippen LogP contribution in [0, 0.1) is 5.41 Å². The van der Waals surface area contributed by atoms with E-state index in [0.717, 1.165) is 13.1 Å². The average molecular weight is 141 g/mol. The molecule has 0 aromatic carbocycles. The van der Waals surface area contributed by atoms with Gasteiger partial charge in [-0.05, 0) is 18.3 Å². The van der Waals surface area contributed by atoms with Crippen molar-refractivity contribution >= 4 is 0 Å². The van der Waals surface area contributed by atoms with Crippen molar-refractivity contribution in [2.45, 2.75) is 12.8 Å². The molecule has 2 heterocycles. The van der Waals surface area contributed by atoms with Crippen LogP contribution in [0.5, 0.6) is 0 Å². The molecular weight excluding hydrogens is 126 g/mol. The number of hydrogen-bond donors (Lipinski definition) is 2. The molecule has 3 N–H and O–H groups in total. The molecule has 0 aromatic heterocycles. The van der Waals surface area contributed by atoms with Crippen molar-refractivity contribution in [1.29, 1.82) is 0 Å². The van der Waals surface area contributed by atoms with Crippen LogP contribution < -0.4 is 11.2 Å². The van der Waals surface area contributed by atoms with Gasteiger partial charge in [-0.25, -0.2) is 5.01 Å². The molecule has 0 amide bonds. The van der Waals surface area contributed by atoms with Gasteiger partial charge in [0, 0.05) is 26.2 Å². The Labute approximate surface area is 61.5 Å². The van der Waals surface area contributed by atoms with Gasteiger partial charge in [0.2, 0.25) is 0 Å². The fourth-order valence-electron chi connectivity index (χ4n) is 1.83. The lowest BCUT2D eigenvalue weighted by Gasteiger charge is -2.47. The van der Waals surface area contributed by atoms with Crippen molar-refractivity contribution in [1.82, 2.24) is 10.3 Å². The minimum Gasteiger partial charge on any atom is -0.316 e. The molecular formula is C7H15N3. The van der Waals surface area contributed by atoms with Crippen LogP contribution in [0.4, 0.5) is 0 Å². The lowest BCUT2D eigenvalue weighted by atomic mass is 9.74. The summed E-state index contributed by atoms with van der Waals surface area (Å²) in [4.78, 5) is 0. The highest BCUT2D eigenvalue weighted by Gasteiger charge is 2.38.